The van der Waals surface area contributed by atoms with E-state index in [0.717, 1.165) is 5.56 Å². The Morgan fingerprint density at radius 1 is 1.13 bits per heavy atom. The molecule has 3 rings (SSSR count). The monoisotopic (exact) mass is 537 g/mol. The molecule has 0 radical (unpaired) electrons. The smallest absolute Gasteiger partial charge is 0.408 e. The minimum Gasteiger partial charge on any atom is -0.446 e. The van der Waals surface area contributed by atoms with Crippen molar-refractivity contribution in [3.05, 3.63) is 35.9 Å². The third kappa shape index (κ3) is 9.22. The highest BCUT2D eigenvalue weighted by Crippen LogP contribution is 2.38. The van der Waals surface area contributed by atoms with E-state index in [-0.39, 0.29) is 56.0 Å². The number of rotatable bonds is 12. The number of hydrogen-bond acceptors (Lipinski definition) is 5. The van der Waals surface area contributed by atoms with Crippen LogP contribution >= 0.6 is 0 Å². The van der Waals surface area contributed by atoms with Crippen LogP contribution in [0.25, 0.3) is 0 Å². The first-order valence-electron chi connectivity index (χ1n) is 13.6. The highest BCUT2D eigenvalue weighted by molar-refractivity contribution is 5.86. The lowest BCUT2D eigenvalue weighted by atomic mass is 9.81. The molecule has 4 N–H and O–H groups in total. The topological polar surface area (TPSA) is 117 Å². The lowest BCUT2D eigenvalue weighted by molar-refractivity contribution is -0.126. The number of carbonyl (C=O) groups is 3. The maximum atomic E-state index is 13.8. The van der Waals surface area contributed by atoms with Gasteiger partial charge in [0, 0.05) is 31.7 Å². The predicted octanol–water partition coefficient (Wildman–Crippen LogP) is 3.57. The standard InChI is InChI=1S/C28H41F2N3O5/c1-18(2)14-23(26(36)32-22(17-34)16-21-10-13-31-25(21)35)33-27(37)38-24(15-19-6-4-3-5-7-19)20-8-11-28(29,30)12-9-20/h3-7,18,20-24,34H,8-17H2,1-2H3,(H,31,35)(H,32,36)(H,33,37)/t21-,22-,23-,24?/m0/s1. The van der Waals surface area contributed by atoms with Gasteiger partial charge >= 0.3 is 6.09 Å². The quantitative estimate of drug-likeness (QED) is 0.325. The number of ether oxygens (including phenoxy) is 1. The SMILES string of the molecule is CC(C)C[C@H](NC(=O)OC(Cc1ccccc1)C1CCC(F)(F)CC1)C(=O)N[C@H](CO)C[C@@H]1CCNC1=O. The third-order valence-corrected chi connectivity index (χ3v) is 7.44. The van der Waals surface area contributed by atoms with Crippen LogP contribution < -0.4 is 16.0 Å². The molecule has 0 aromatic heterocycles. The van der Waals surface area contributed by atoms with Crippen molar-refractivity contribution in [2.24, 2.45) is 17.8 Å². The molecule has 1 aromatic carbocycles. The van der Waals surface area contributed by atoms with Gasteiger partial charge in [0.25, 0.3) is 0 Å². The van der Waals surface area contributed by atoms with E-state index < -0.39 is 36.1 Å². The molecule has 2 fully saturated rings. The molecule has 212 valence electrons. The lowest BCUT2D eigenvalue weighted by Crippen LogP contribution is -2.52. The van der Waals surface area contributed by atoms with Gasteiger partial charge in [0.1, 0.15) is 12.1 Å². The van der Waals surface area contributed by atoms with E-state index in [4.69, 9.17) is 4.74 Å². The van der Waals surface area contributed by atoms with E-state index in [0.29, 0.717) is 32.2 Å². The van der Waals surface area contributed by atoms with Gasteiger partial charge in [-0.2, -0.15) is 0 Å². The summed E-state index contributed by atoms with van der Waals surface area (Å²) in [6.07, 6.45) is 0.300. The van der Waals surface area contributed by atoms with Gasteiger partial charge < -0.3 is 25.8 Å². The number of aliphatic hydroxyl groups is 1. The average Bonchev–Trinajstić information content (AvgIpc) is 3.27. The molecule has 0 bridgehead atoms. The number of alkyl carbamates (subject to hydrolysis) is 1. The van der Waals surface area contributed by atoms with Gasteiger partial charge in [0.15, 0.2) is 0 Å². The number of carbonyl (C=O) groups excluding carboxylic acids is 3. The number of nitrogens with one attached hydrogen (secondary N) is 3. The molecule has 1 aliphatic carbocycles. The number of benzene rings is 1. The Hall–Kier alpha value is -2.75. The number of aliphatic hydroxyl groups excluding tert-OH is 1. The minimum atomic E-state index is -2.70. The van der Waals surface area contributed by atoms with Crippen LogP contribution in [0.4, 0.5) is 13.6 Å². The summed E-state index contributed by atoms with van der Waals surface area (Å²) in [4.78, 5) is 38.1. The van der Waals surface area contributed by atoms with E-state index in [1.165, 1.54) is 0 Å². The molecule has 38 heavy (non-hydrogen) atoms. The molecule has 1 heterocycles. The second kappa shape index (κ2) is 13.9. The fraction of sp³-hybridized carbons (Fsp3) is 0.679. The van der Waals surface area contributed by atoms with E-state index in [2.05, 4.69) is 16.0 Å². The van der Waals surface area contributed by atoms with Crippen LogP contribution in [0.3, 0.4) is 0 Å². The van der Waals surface area contributed by atoms with Crippen molar-refractivity contribution < 1.29 is 33.0 Å². The minimum absolute atomic E-state index is 0.0694. The second-order valence-corrected chi connectivity index (χ2v) is 11.1. The number of hydrogen-bond donors (Lipinski definition) is 4. The normalized spacial score (nSPS) is 21.8. The maximum absolute atomic E-state index is 13.8. The van der Waals surface area contributed by atoms with Gasteiger partial charge in [0.2, 0.25) is 17.7 Å². The zero-order valence-electron chi connectivity index (χ0n) is 22.3. The van der Waals surface area contributed by atoms with Crippen molar-refractivity contribution in [1.29, 1.82) is 0 Å². The molecule has 1 saturated heterocycles. The van der Waals surface area contributed by atoms with Crippen LogP contribution in [0.1, 0.15) is 64.4 Å². The lowest BCUT2D eigenvalue weighted by Gasteiger charge is -2.34. The molecule has 3 amide bonds. The van der Waals surface area contributed by atoms with Crippen LogP contribution in [0.15, 0.2) is 30.3 Å². The maximum Gasteiger partial charge on any atom is 0.408 e. The summed E-state index contributed by atoms with van der Waals surface area (Å²) in [5.41, 5.74) is 0.931. The van der Waals surface area contributed by atoms with Gasteiger partial charge in [0.05, 0.1) is 12.6 Å². The summed E-state index contributed by atoms with van der Waals surface area (Å²) in [6, 6.07) is 7.89. The van der Waals surface area contributed by atoms with Crippen molar-refractivity contribution in [1.82, 2.24) is 16.0 Å². The van der Waals surface area contributed by atoms with Gasteiger partial charge in [-0.1, -0.05) is 44.2 Å². The van der Waals surface area contributed by atoms with Gasteiger partial charge in [-0.15, -0.1) is 0 Å². The van der Waals surface area contributed by atoms with E-state index >= 15 is 0 Å². The van der Waals surface area contributed by atoms with Crippen LogP contribution in [0.2, 0.25) is 0 Å². The van der Waals surface area contributed by atoms with E-state index in [9.17, 15) is 28.3 Å². The van der Waals surface area contributed by atoms with E-state index in [1.54, 1.807) is 0 Å². The summed E-state index contributed by atoms with van der Waals surface area (Å²) < 4.78 is 33.4. The van der Waals surface area contributed by atoms with Gasteiger partial charge in [-0.25, -0.2) is 13.6 Å². The first-order valence-corrected chi connectivity index (χ1v) is 13.6. The Kier molecular flexibility index (Phi) is 10.9. The molecule has 1 aliphatic heterocycles. The molecule has 2 aliphatic rings. The molecule has 4 atom stereocenters. The Bertz CT molecular complexity index is 920. The number of amides is 3. The molecule has 1 saturated carbocycles. The molecule has 1 aromatic rings. The highest BCUT2D eigenvalue weighted by atomic mass is 19.3. The van der Waals surface area contributed by atoms with Crippen LogP contribution in [0, 0.1) is 17.8 Å². The summed E-state index contributed by atoms with van der Waals surface area (Å²) >= 11 is 0. The predicted molar refractivity (Wildman–Crippen MR) is 138 cm³/mol. The van der Waals surface area contributed by atoms with Crippen LogP contribution in [0.5, 0.6) is 0 Å². The third-order valence-electron chi connectivity index (χ3n) is 7.44. The average molecular weight is 538 g/mol. The molecule has 1 unspecified atom stereocenters. The molecular weight excluding hydrogens is 496 g/mol. The summed E-state index contributed by atoms with van der Waals surface area (Å²) in [5, 5.41) is 18.0. The van der Waals surface area contributed by atoms with Gasteiger partial charge in [-0.3, -0.25) is 9.59 Å². The second-order valence-electron chi connectivity index (χ2n) is 11.1. The Morgan fingerprint density at radius 3 is 2.39 bits per heavy atom. The highest BCUT2D eigenvalue weighted by Gasteiger charge is 2.39. The van der Waals surface area contributed by atoms with Gasteiger partial charge in [-0.05, 0) is 49.5 Å². The summed E-state index contributed by atoms with van der Waals surface area (Å²) in [5.74, 6) is -3.68. The van der Waals surface area contributed by atoms with Crippen molar-refractivity contribution in [3.63, 3.8) is 0 Å². The van der Waals surface area contributed by atoms with Crippen molar-refractivity contribution in [3.8, 4) is 0 Å². The summed E-state index contributed by atoms with van der Waals surface area (Å²) in [6.45, 7) is 4.07. The first kappa shape index (κ1) is 29.8. The molecule has 0 spiro atoms. The van der Waals surface area contributed by atoms with Crippen LogP contribution in [-0.4, -0.2) is 60.3 Å². The van der Waals surface area contributed by atoms with Crippen molar-refractivity contribution in [2.75, 3.05) is 13.2 Å². The number of halogens is 2. The van der Waals surface area contributed by atoms with Crippen LogP contribution in [-0.2, 0) is 20.7 Å². The fourth-order valence-electron chi connectivity index (χ4n) is 5.30. The largest absolute Gasteiger partial charge is 0.446 e. The Balaban J connectivity index is 1.64. The zero-order chi connectivity index (χ0) is 27.7. The van der Waals surface area contributed by atoms with Crippen molar-refractivity contribution in [2.45, 2.75) is 89.3 Å². The zero-order valence-corrected chi connectivity index (χ0v) is 22.3. The Morgan fingerprint density at radius 2 is 1.82 bits per heavy atom. The Labute approximate surface area is 223 Å². The van der Waals surface area contributed by atoms with E-state index in [1.807, 2.05) is 44.2 Å². The fourth-order valence-corrected chi connectivity index (χ4v) is 5.30. The molecular formula is C28H41F2N3O5. The summed E-state index contributed by atoms with van der Waals surface area (Å²) in [7, 11) is 0. The number of alkyl halides is 2. The molecule has 8 nitrogen and oxygen atoms in total. The molecule has 10 heteroatoms. The first-order chi connectivity index (χ1) is 18.1. The van der Waals surface area contributed by atoms with Crippen molar-refractivity contribution >= 4 is 17.9 Å².